The van der Waals surface area contributed by atoms with Gasteiger partial charge in [-0.1, -0.05) is 0 Å². The molecule has 1 aromatic carbocycles. The van der Waals surface area contributed by atoms with E-state index in [9.17, 15) is 0 Å². The van der Waals surface area contributed by atoms with Crippen LogP contribution in [-0.4, -0.2) is 51.0 Å². The summed E-state index contributed by atoms with van der Waals surface area (Å²) in [6, 6.07) is 5.94. The molecule has 0 aliphatic carbocycles. The van der Waals surface area contributed by atoms with E-state index in [1.54, 1.807) is 33.6 Å². The summed E-state index contributed by atoms with van der Waals surface area (Å²) in [7, 11) is 4.96. The number of nitrogens with zero attached hydrogens (tertiary/aromatic N) is 3. The molecule has 0 atom stereocenters. The number of aromatic nitrogens is 2. The number of ether oxygens (including phenoxy) is 4. The van der Waals surface area contributed by atoms with E-state index in [1.807, 2.05) is 0 Å². The van der Waals surface area contributed by atoms with Crippen LogP contribution in [0.2, 0.25) is 0 Å². The number of fused-ring (bicyclic) bond motifs is 2. The molecule has 7 heteroatoms. The predicted molar refractivity (Wildman–Crippen MR) is 101 cm³/mol. The Morgan fingerprint density at radius 1 is 1.04 bits per heavy atom. The van der Waals surface area contributed by atoms with Gasteiger partial charge in [0, 0.05) is 25.4 Å². The SMILES string of the molecule is COc1ccnc(N2CCC3(CC2)OCCc2cc(OC)c(OC)cc23)n1. The minimum atomic E-state index is -0.289. The summed E-state index contributed by atoms with van der Waals surface area (Å²) >= 11 is 0. The Bertz CT molecular complexity index is 819. The molecule has 0 N–H and O–H groups in total. The van der Waals surface area contributed by atoms with E-state index in [4.69, 9.17) is 18.9 Å². The van der Waals surface area contributed by atoms with Gasteiger partial charge in [-0.15, -0.1) is 0 Å². The van der Waals surface area contributed by atoms with Gasteiger partial charge in [0.25, 0.3) is 0 Å². The average molecular weight is 371 g/mol. The number of methoxy groups -OCH3 is 3. The maximum Gasteiger partial charge on any atom is 0.228 e. The van der Waals surface area contributed by atoms with Gasteiger partial charge in [0.2, 0.25) is 11.8 Å². The van der Waals surface area contributed by atoms with Crippen molar-refractivity contribution >= 4 is 5.95 Å². The molecule has 1 aromatic heterocycles. The minimum Gasteiger partial charge on any atom is -0.493 e. The lowest BCUT2D eigenvalue weighted by molar-refractivity contribution is -0.0769. The Balaban J connectivity index is 1.60. The molecule has 0 saturated carbocycles. The molecule has 0 amide bonds. The molecule has 1 spiro atoms. The molecule has 0 radical (unpaired) electrons. The van der Waals surface area contributed by atoms with Crippen LogP contribution in [0.5, 0.6) is 17.4 Å². The van der Waals surface area contributed by atoms with E-state index in [0.717, 1.165) is 50.5 Å². The minimum absolute atomic E-state index is 0.289. The molecular formula is C20H25N3O4. The van der Waals surface area contributed by atoms with Crippen LogP contribution in [0.25, 0.3) is 0 Å². The van der Waals surface area contributed by atoms with E-state index in [0.29, 0.717) is 11.8 Å². The third-order valence-corrected chi connectivity index (χ3v) is 5.53. The Morgan fingerprint density at radius 3 is 2.48 bits per heavy atom. The molecule has 2 aromatic rings. The van der Waals surface area contributed by atoms with Gasteiger partial charge in [-0.3, -0.25) is 0 Å². The summed E-state index contributed by atoms with van der Waals surface area (Å²) in [5.41, 5.74) is 2.21. The van der Waals surface area contributed by atoms with Crippen molar-refractivity contribution in [2.45, 2.75) is 24.9 Å². The van der Waals surface area contributed by atoms with Crippen LogP contribution in [0.4, 0.5) is 5.95 Å². The summed E-state index contributed by atoms with van der Waals surface area (Å²) in [5.74, 6) is 2.80. The fourth-order valence-electron chi connectivity index (χ4n) is 4.07. The van der Waals surface area contributed by atoms with Crippen molar-refractivity contribution in [1.82, 2.24) is 9.97 Å². The Morgan fingerprint density at radius 2 is 1.78 bits per heavy atom. The maximum atomic E-state index is 6.35. The van der Waals surface area contributed by atoms with Crippen LogP contribution < -0.4 is 19.1 Å². The molecule has 4 rings (SSSR count). The quantitative estimate of drug-likeness (QED) is 0.818. The van der Waals surface area contributed by atoms with Crippen LogP contribution in [0, 0.1) is 0 Å². The first-order valence-corrected chi connectivity index (χ1v) is 9.20. The van der Waals surface area contributed by atoms with Crippen LogP contribution >= 0.6 is 0 Å². The van der Waals surface area contributed by atoms with Gasteiger partial charge in [-0.05, 0) is 42.5 Å². The van der Waals surface area contributed by atoms with Gasteiger partial charge in [0.15, 0.2) is 11.5 Å². The smallest absolute Gasteiger partial charge is 0.228 e. The van der Waals surface area contributed by atoms with E-state index in [1.165, 1.54) is 11.1 Å². The van der Waals surface area contributed by atoms with Crippen molar-refractivity contribution in [2.24, 2.45) is 0 Å². The summed E-state index contributed by atoms with van der Waals surface area (Å²) in [6.45, 7) is 2.36. The second kappa shape index (κ2) is 7.23. The monoisotopic (exact) mass is 371 g/mol. The maximum absolute atomic E-state index is 6.35. The van der Waals surface area contributed by atoms with Gasteiger partial charge in [0.05, 0.1) is 33.5 Å². The second-order valence-corrected chi connectivity index (χ2v) is 6.84. The van der Waals surface area contributed by atoms with Gasteiger partial charge >= 0.3 is 0 Å². The average Bonchev–Trinajstić information content (AvgIpc) is 2.73. The zero-order valence-electron chi connectivity index (χ0n) is 16.0. The Hall–Kier alpha value is -2.54. The van der Waals surface area contributed by atoms with E-state index < -0.39 is 0 Å². The summed E-state index contributed by atoms with van der Waals surface area (Å²) in [4.78, 5) is 11.0. The van der Waals surface area contributed by atoms with Gasteiger partial charge in [-0.2, -0.15) is 4.98 Å². The van der Waals surface area contributed by atoms with E-state index in [2.05, 4.69) is 27.0 Å². The molecule has 2 aliphatic rings. The zero-order chi connectivity index (χ0) is 18.9. The van der Waals surface area contributed by atoms with Crippen molar-refractivity contribution in [3.63, 3.8) is 0 Å². The van der Waals surface area contributed by atoms with Crippen LogP contribution in [0.1, 0.15) is 24.0 Å². The largest absolute Gasteiger partial charge is 0.493 e. The van der Waals surface area contributed by atoms with Crippen molar-refractivity contribution < 1.29 is 18.9 Å². The Kier molecular flexibility index (Phi) is 4.78. The third kappa shape index (κ3) is 3.16. The molecule has 0 bridgehead atoms. The summed E-state index contributed by atoms with van der Waals surface area (Å²) in [6.07, 6.45) is 4.36. The van der Waals surface area contributed by atoms with E-state index in [-0.39, 0.29) is 5.60 Å². The van der Waals surface area contributed by atoms with Crippen molar-refractivity contribution in [2.75, 3.05) is 45.9 Å². The van der Waals surface area contributed by atoms with Crippen molar-refractivity contribution in [3.05, 3.63) is 35.5 Å². The summed E-state index contributed by atoms with van der Waals surface area (Å²) < 4.78 is 22.6. The highest BCUT2D eigenvalue weighted by Gasteiger charge is 2.42. The number of benzene rings is 1. The number of anilines is 1. The first-order chi connectivity index (χ1) is 13.2. The van der Waals surface area contributed by atoms with Crippen molar-refractivity contribution in [1.29, 1.82) is 0 Å². The van der Waals surface area contributed by atoms with Gasteiger partial charge < -0.3 is 23.8 Å². The molecular weight excluding hydrogens is 346 g/mol. The van der Waals surface area contributed by atoms with Gasteiger partial charge in [0.1, 0.15) is 0 Å². The topological polar surface area (TPSA) is 65.9 Å². The second-order valence-electron chi connectivity index (χ2n) is 6.84. The number of hydrogen-bond acceptors (Lipinski definition) is 7. The lowest BCUT2D eigenvalue weighted by Gasteiger charge is -2.45. The van der Waals surface area contributed by atoms with Crippen LogP contribution in [-0.2, 0) is 16.8 Å². The summed E-state index contributed by atoms with van der Waals surface area (Å²) in [5, 5.41) is 0. The van der Waals surface area contributed by atoms with Gasteiger partial charge in [-0.25, -0.2) is 4.98 Å². The molecule has 0 unspecified atom stereocenters. The standard InChI is InChI=1S/C20H25N3O4/c1-24-16-12-14-5-11-27-20(15(14)13-17(16)25-2)6-9-23(10-7-20)19-21-8-4-18(22-19)26-3/h4,8,12-13H,5-7,9-11H2,1-3H3. The molecule has 1 saturated heterocycles. The number of rotatable bonds is 4. The molecule has 144 valence electrons. The fraction of sp³-hybridized carbons (Fsp3) is 0.500. The van der Waals surface area contributed by atoms with E-state index >= 15 is 0 Å². The number of piperidine rings is 1. The molecule has 7 nitrogen and oxygen atoms in total. The predicted octanol–water partition coefficient (Wildman–Crippen LogP) is 2.57. The first-order valence-electron chi connectivity index (χ1n) is 9.20. The Labute approximate surface area is 159 Å². The lowest BCUT2D eigenvalue weighted by atomic mass is 9.79. The zero-order valence-corrected chi connectivity index (χ0v) is 16.0. The molecule has 2 aliphatic heterocycles. The van der Waals surface area contributed by atoms with Crippen LogP contribution in [0.3, 0.4) is 0 Å². The van der Waals surface area contributed by atoms with Crippen LogP contribution in [0.15, 0.2) is 24.4 Å². The first kappa shape index (κ1) is 17.9. The number of hydrogen-bond donors (Lipinski definition) is 0. The lowest BCUT2D eigenvalue weighted by Crippen LogP contribution is -2.47. The molecule has 1 fully saturated rings. The molecule has 27 heavy (non-hydrogen) atoms. The highest BCUT2D eigenvalue weighted by Crippen LogP contribution is 2.45. The van der Waals surface area contributed by atoms with Crippen molar-refractivity contribution in [3.8, 4) is 17.4 Å². The molecule has 3 heterocycles. The fourth-order valence-corrected chi connectivity index (χ4v) is 4.07. The highest BCUT2D eigenvalue weighted by molar-refractivity contribution is 5.51. The third-order valence-electron chi connectivity index (χ3n) is 5.53. The highest BCUT2D eigenvalue weighted by atomic mass is 16.5. The normalized spacial score (nSPS) is 18.1.